The molecule has 0 atom stereocenters. The number of thioether (sulfide) groups is 1. The fourth-order valence-electron chi connectivity index (χ4n) is 2.79. The monoisotopic (exact) mass is 501 g/mol. The molecule has 0 aliphatic carbocycles. The van der Waals surface area contributed by atoms with E-state index in [-0.39, 0.29) is 24.0 Å². The average Bonchev–Trinajstić information content (AvgIpc) is 3.10. The van der Waals surface area contributed by atoms with Crippen molar-refractivity contribution in [2.45, 2.75) is 20.0 Å². The Balaban J connectivity index is 0.00000261. The van der Waals surface area contributed by atoms with Gasteiger partial charge >= 0.3 is 0 Å². The third-order valence-corrected chi connectivity index (χ3v) is 5.24. The molecule has 1 aliphatic heterocycles. The summed E-state index contributed by atoms with van der Waals surface area (Å²) in [5.74, 6) is 4.09. The quantitative estimate of drug-likeness (QED) is 0.360. The summed E-state index contributed by atoms with van der Waals surface area (Å²) in [6.07, 6.45) is 1.56. The predicted molar refractivity (Wildman–Crippen MR) is 124 cm³/mol. The van der Waals surface area contributed by atoms with E-state index in [2.05, 4.69) is 61.8 Å². The Morgan fingerprint density at radius 1 is 1.19 bits per heavy atom. The Hall–Kier alpha value is -1.49. The van der Waals surface area contributed by atoms with E-state index in [0.717, 1.165) is 31.4 Å². The molecule has 0 saturated carbocycles. The van der Waals surface area contributed by atoms with Gasteiger partial charge in [0.1, 0.15) is 12.2 Å². The lowest BCUT2D eigenvalue weighted by atomic mass is 10.2. The van der Waals surface area contributed by atoms with Crippen LogP contribution in [0.25, 0.3) is 0 Å². The molecule has 1 fully saturated rings. The minimum absolute atomic E-state index is 0. The maximum atomic E-state index is 4.68. The molecule has 7 nitrogen and oxygen atoms in total. The van der Waals surface area contributed by atoms with Gasteiger partial charge < -0.3 is 15.5 Å². The van der Waals surface area contributed by atoms with E-state index in [4.69, 9.17) is 0 Å². The van der Waals surface area contributed by atoms with Crippen molar-refractivity contribution in [2.24, 2.45) is 12.0 Å². The van der Waals surface area contributed by atoms with Gasteiger partial charge in [0.05, 0.1) is 13.1 Å². The molecule has 9 heteroatoms. The molecule has 0 spiro atoms. The molecule has 27 heavy (non-hydrogen) atoms. The summed E-state index contributed by atoms with van der Waals surface area (Å²) in [6.45, 7) is 6.39. The number of hydrogen-bond acceptors (Lipinski definition) is 5. The molecular formula is C18H28IN7S. The van der Waals surface area contributed by atoms with E-state index in [0.29, 0.717) is 13.1 Å². The number of halogens is 1. The first-order valence-corrected chi connectivity index (χ1v) is 10.2. The zero-order chi connectivity index (χ0) is 18.2. The van der Waals surface area contributed by atoms with Gasteiger partial charge in [-0.15, -0.1) is 24.0 Å². The van der Waals surface area contributed by atoms with Crippen LogP contribution < -0.4 is 15.5 Å². The van der Waals surface area contributed by atoms with E-state index >= 15 is 0 Å². The summed E-state index contributed by atoms with van der Waals surface area (Å²) in [4.78, 5) is 11.4. The van der Waals surface area contributed by atoms with E-state index in [1.54, 1.807) is 11.0 Å². The lowest BCUT2D eigenvalue weighted by molar-refractivity contribution is 0.673. The molecule has 0 unspecified atom stereocenters. The number of aromatic nitrogens is 3. The predicted octanol–water partition coefficient (Wildman–Crippen LogP) is 2.24. The van der Waals surface area contributed by atoms with Crippen LogP contribution in [0, 0.1) is 0 Å². The molecule has 0 radical (unpaired) electrons. The number of hydrogen-bond donors (Lipinski definition) is 2. The second-order valence-corrected chi connectivity index (χ2v) is 7.34. The highest BCUT2D eigenvalue weighted by molar-refractivity contribution is 14.0. The molecule has 1 aromatic carbocycles. The van der Waals surface area contributed by atoms with Crippen LogP contribution in [0.2, 0.25) is 0 Å². The van der Waals surface area contributed by atoms with Crippen LogP contribution in [0.5, 0.6) is 0 Å². The molecule has 0 bridgehead atoms. The second kappa shape index (κ2) is 11.4. The lowest BCUT2D eigenvalue weighted by Crippen LogP contribution is -2.37. The Morgan fingerprint density at radius 3 is 2.56 bits per heavy atom. The standard InChI is InChI=1S/C18H27N7S.HI/c1-3-19-18(21-13-17-22-14-23-24(17)2)20-12-15-4-6-16(7-5-15)25-8-10-26-11-9-25;/h4-7,14H,3,8-13H2,1-2H3,(H2,19,20,21);1H. The van der Waals surface area contributed by atoms with Gasteiger partial charge in [-0.2, -0.15) is 16.9 Å². The third kappa shape index (κ3) is 6.56. The zero-order valence-corrected chi connectivity index (χ0v) is 19.0. The molecular weight excluding hydrogens is 473 g/mol. The number of aryl methyl sites for hydroxylation is 1. The molecule has 3 rings (SSSR count). The first-order valence-electron chi connectivity index (χ1n) is 9.03. The van der Waals surface area contributed by atoms with Crippen molar-refractivity contribution in [3.05, 3.63) is 42.0 Å². The van der Waals surface area contributed by atoms with Crippen LogP contribution in [0.1, 0.15) is 18.3 Å². The fourth-order valence-corrected chi connectivity index (χ4v) is 3.69. The largest absolute Gasteiger partial charge is 0.370 e. The topological polar surface area (TPSA) is 70.4 Å². The van der Waals surface area contributed by atoms with Gasteiger partial charge in [-0.1, -0.05) is 12.1 Å². The number of anilines is 1. The number of benzene rings is 1. The molecule has 2 N–H and O–H groups in total. The average molecular weight is 501 g/mol. The van der Waals surface area contributed by atoms with Gasteiger partial charge in [0.15, 0.2) is 5.96 Å². The third-order valence-electron chi connectivity index (χ3n) is 4.30. The summed E-state index contributed by atoms with van der Waals surface area (Å²) in [5.41, 5.74) is 2.52. The lowest BCUT2D eigenvalue weighted by Gasteiger charge is -2.28. The van der Waals surface area contributed by atoms with E-state index in [9.17, 15) is 0 Å². The van der Waals surface area contributed by atoms with Gasteiger partial charge in [-0.3, -0.25) is 4.68 Å². The molecule has 1 aromatic heterocycles. The highest BCUT2D eigenvalue weighted by Crippen LogP contribution is 2.20. The maximum absolute atomic E-state index is 4.68. The van der Waals surface area contributed by atoms with Gasteiger partial charge in [0, 0.05) is 43.9 Å². The second-order valence-electron chi connectivity index (χ2n) is 6.11. The number of nitrogens with zero attached hydrogens (tertiary/aromatic N) is 5. The number of aliphatic imine (C=N–C) groups is 1. The van der Waals surface area contributed by atoms with Gasteiger partial charge in [-0.25, -0.2) is 9.98 Å². The molecule has 2 aromatic rings. The zero-order valence-electron chi connectivity index (χ0n) is 15.9. The van der Waals surface area contributed by atoms with Gasteiger partial charge in [-0.05, 0) is 24.6 Å². The van der Waals surface area contributed by atoms with Crippen molar-refractivity contribution in [1.82, 2.24) is 25.4 Å². The van der Waals surface area contributed by atoms with E-state index < -0.39 is 0 Å². The summed E-state index contributed by atoms with van der Waals surface area (Å²) in [7, 11) is 1.89. The molecule has 1 aliphatic rings. The van der Waals surface area contributed by atoms with Crippen molar-refractivity contribution in [1.29, 1.82) is 0 Å². The highest BCUT2D eigenvalue weighted by Gasteiger charge is 2.10. The van der Waals surface area contributed by atoms with Crippen molar-refractivity contribution >= 4 is 47.4 Å². The van der Waals surface area contributed by atoms with E-state index in [1.807, 2.05) is 18.8 Å². The van der Waals surface area contributed by atoms with Gasteiger partial charge in [0.25, 0.3) is 0 Å². The Bertz CT molecular complexity index is 711. The Morgan fingerprint density at radius 2 is 1.93 bits per heavy atom. The van der Waals surface area contributed by atoms with Gasteiger partial charge in [0.2, 0.25) is 0 Å². The molecule has 1 saturated heterocycles. The number of rotatable bonds is 6. The van der Waals surface area contributed by atoms with Crippen molar-refractivity contribution in [3.63, 3.8) is 0 Å². The van der Waals surface area contributed by atoms with Crippen LogP contribution >= 0.6 is 35.7 Å². The minimum Gasteiger partial charge on any atom is -0.370 e. The first-order chi connectivity index (χ1) is 12.8. The van der Waals surface area contributed by atoms with Crippen LogP contribution in [0.3, 0.4) is 0 Å². The summed E-state index contributed by atoms with van der Waals surface area (Å²) in [5, 5.41) is 10.7. The SMILES string of the molecule is CCNC(=NCc1ccc(N2CCSCC2)cc1)NCc1ncnn1C.I. The maximum Gasteiger partial charge on any atom is 0.191 e. The summed E-state index contributed by atoms with van der Waals surface area (Å²) >= 11 is 2.03. The Kier molecular flexibility index (Phi) is 9.19. The van der Waals surface area contributed by atoms with E-state index in [1.165, 1.54) is 22.8 Å². The number of guanidine groups is 1. The highest BCUT2D eigenvalue weighted by atomic mass is 127. The normalized spacial score (nSPS) is 14.6. The van der Waals surface area contributed by atoms with Crippen molar-refractivity contribution < 1.29 is 0 Å². The molecule has 148 valence electrons. The smallest absolute Gasteiger partial charge is 0.191 e. The summed E-state index contributed by atoms with van der Waals surface area (Å²) in [6, 6.07) is 8.77. The number of nitrogens with one attached hydrogen (secondary N) is 2. The van der Waals surface area contributed by atoms with Crippen LogP contribution in [-0.4, -0.2) is 51.9 Å². The summed E-state index contributed by atoms with van der Waals surface area (Å²) < 4.78 is 1.76. The minimum atomic E-state index is 0. The molecule has 0 amide bonds. The Labute approximate surface area is 182 Å². The first kappa shape index (κ1) is 21.8. The van der Waals surface area contributed by atoms with Crippen molar-refractivity contribution in [2.75, 3.05) is 36.0 Å². The van der Waals surface area contributed by atoms with Crippen LogP contribution in [0.4, 0.5) is 5.69 Å². The van der Waals surface area contributed by atoms with Crippen molar-refractivity contribution in [3.8, 4) is 0 Å². The fraction of sp³-hybridized carbons (Fsp3) is 0.500. The van der Waals surface area contributed by atoms with Crippen LogP contribution in [-0.2, 0) is 20.1 Å². The molecule has 2 heterocycles. The van der Waals surface area contributed by atoms with Crippen LogP contribution in [0.15, 0.2) is 35.6 Å².